The van der Waals surface area contributed by atoms with Crippen molar-refractivity contribution in [2.75, 3.05) is 33.4 Å². The molecule has 5 nitrogen and oxygen atoms in total. The minimum atomic E-state index is -0.00349. The van der Waals surface area contributed by atoms with Crippen molar-refractivity contribution in [3.63, 3.8) is 0 Å². The van der Waals surface area contributed by atoms with E-state index in [1.165, 1.54) is 12.0 Å². The van der Waals surface area contributed by atoms with Crippen molar-refractivity contribution in [1.29, 1.82) is 0 Å². The summed E-state index contributed by atoms with van der Waals surface area (Å²) in [4.78, 5) is 14.6. The van der Waals surface area contributed by atoms with Gasteiger partial charge in [0.05, 0.1) is 13.7 Å². The van der Waals surface area contributed by atoms with Crippen molar-refractivity contribution in [3.05, 3.63) is 59.2 Å². The predicted molar refractivity (Wildman–Crippen MR) is 118 cm³/mol. The van der Waals surface area contributed by atoms with Gasteiger partial charge in [-0.1, -0.05) is 25.1 Å². The Balaban J connectivity index is 1.49. The van der Waals surface area contributed by atoms with Crippen molar-refractivity contribution >= 4 is 5.91 Å². The van der Waals surface area contributed by atoms with Gasteiger partial charge >= 0.3 is 0 Å². The number of nitrogens with one attached hydrogen (secondary N) is 1. The smallest absolute Gasteiger partial charge is 0.252 e. The number of nitrogens with zero attached hydrogens (tertiary/aromatic N) is 1. The first-order valence-electron chi connectivity index (χ1n) is 11.1. The molecular formula is C25H32N2O3. The highest BCUT2D eigenvalue weighted by molar-refractivity contribution is 5.98. The fraction of sp³-hybridized carbons (Fsp3) is 0.480. The SMILES string of the molecule is CCCN1CC[C@H](COc2ccc3c(c2)C(=O)NC3)[C@H](c2ccc(OC)cc2)CC1. The zero-order valence-electron chi connectivity index (χ0n) is 18.0. The quantitative estimate of drug-likeness (QED) is 0.745. The van der Waals surface area contributed by atoms with Crippen LogP contribution in [0.2, 0.25) is 0 Å². The molecule has 5 heteroatoms. The molecule has 160 valence electrons. The van der Waals surface area contributed by atoms with E-state index in [1.54, 1.807) is 7.11 Å². The third kappa shape index (κ3) is 4.62. The standard InChI is InChI=1S/C25H32N2O3/c1-3-12-27-13-10-20(23(11-14-27)18-4-7-21(29-2)8-5-18)17-30-22-9-6-19-16-26-25(28)24(19)15-22/h4-9,15,20,23H,3,10-14,16-17H2,1-2H3,(H,26,28)/t20-,23+/m1/s1. The van der Waals surface area contributed by atoms with Crippen LogP contribution in [0.5, 0.6) is 11.5 Å². The monoisotopic (exact) mass is 408 g/mol. The molecular weight excluding hydrogens is 376 g/mol. The highest BCUT2D eigenvalue weighted by atomic mass is 16.5. The molecule has 2 heterocycles. The van der Waals surface area contributed by atoms with Crippen LogP contribution in [0.25, 0.3) is 0 Å². The molecule has 2 aliphatic rings. The van der Waals surface area contributed by atoms with E-state index < -0.39 is 0 Å². The van der Waals surface area contributed by atoms with E-state index in [9.17, 15) is 4.79 Å². The van der Waals surface area contributed by atoms with Gasteiger partial charge in [0.2, 0.25) is 0 Å². The van der Waals surface area contributed by atoms with Gasteiger partial charge in [-0.2, -0.15) is 0 Å². The van der Waals surface area contributed by atoms with Crippen molar-refractivity contribution in [2.45, 2.75) is 38.6 Å². The highest BCUT2D eigenvalue weighted by Crippen LogP contribution is 2.35. The molecule has 2 aromatic carbocycles. The lowest BCUT2D eigenvalue weighted by Gasteiger charge is -2.25. The Kier molecular flexibility index (Phi) is 6.58. The van der Waals surface area contributed by atoms with Gasteiger partial charge in [0.15, 0.2) is 0 Å². The molecule has 0 radical (unpaired) electrons. The van der Waals surface area contributed by atoms with E-state index in [0.29, 0.717) is 25.0 Å². The number of amides is 1. The summed E-state index contributed by atoms with van der Waals surface area (Å²) in [5.41, 5.74) is 3.15. The van der Waals surface area contributed by atoms with Crippen molar-refractivity contribution in [3.8, 4) is 11.5 Å². The van der Waals surface area contributed by atoms with Gasteiger partial charge in [-0.15, -0.1) is 0 Å². The molecule has 0 spiro atoms. The number of carbonyl (C=O) groups is 1. The Morgan fingerprint density at radius 2 is 1.83 bits per heavy atom. The maximum atomic E-state index is 12.0. The third-order valence-electron chi connectivity index (χ3n) is 6.45. The molecule has 0 aliphatic carbocycles. The molecule has 0 aromatic heterocycles. The fourth-order valence-corrected chi connectivity index (χ4v) is 4.73. The summed E-state index contributed by atoms with van der Waals surface area (Å²) in [6.45, 7) is 6.92. The number of fused-ring (bicyclic) bond motifs is 1. The number of rotatable bonds is 7. The first kappa shape index (κ1) is 20.7. The molecule has 0 saturated carbocycles. The molecule has 2 aliphatic heterocycles. The van der Waals surface area contributed by atoms with Gasteiger partial charge in [0.1, 0.15) is 11.5 Å². The van der Waals surface area contributed by atoms with Crippen LogP contribution in [0.3, 0.4) is 0 Å². The van der Waals surface area contributed by atoms with Crippen LogP contribution in [0, 0.1) is 5.92 Å². The zero-order chi connectivity index (χ0) is 20.9. The van der Waals surface area contributed by atoms with Gasteiger partial charge in [-0.25, -0.2) is 0 Å². The maximum Gasteiger partial charge on any atom is 0.252 e. The summed E-state index contributed by atoms with van der Waals surface area (Å²) >= 11 is 0. The number of methoxy groups -OCH3 is 1. The number of hydrogen-bond acceptors (Lipinski definition) is 4. The molecule has 1 fully saturated rings. The van der Waals surface area contributed by atoms with Crippen LogP contribution < -0.4 is 14.8 Å². The summed E-state index contributed by atoms with van der Waals surface area (Å²) in [6.07, 6.45) is 3.43. The largest absolute Gasteiger partial charge is 0.497 e. The normalized spacial score (nSPS) is 21.6. The first-order chi connectivity index (χ1) is 14.7. The van der Waals surface area contributed by atoms with E-state index in [0.717, 1.165) is 55.1 Å². The topological polar surface area (TPSA) is 50.8 Å². The fourth-order valence-electron chi connectivity index (χ4n) is 4.73. The minimum Gasteiger partial charge on any atom is -0.497 e. The van der Waals surface area contributed by atoms with E-state index in [2.05, 4.69) is 41.4 Å². The summed E-state index contributed by atoms with van der Waals surface area (Å²) in [6, 6.07) is 14.4. The Morgan fingerprint density at radius 3 is 2.60 bits per heavy atom. The van der Waals surface area contributed by atoms with Crippen LogP contribution in [-0.2, 0) is 6.54 Å². The second kappa shape index (κ2) is 9.52. The summed E-state index contributed by atoms with van der Waals surface area (Å²) in [5.74, 6) is 2.56. The second-order valence-electron chi connectivity index (χ2n) is 8.37. The van der Waals surface area contributed by atoms with Crippen molar-refractivity contribution < 1.29 is 14.3 Å². The number of ether oxygens (including phenoxy) is 2. The van der Waals surface area contributed by atoms with Gasteiger partial charge in [-0.3, -0.25) is 4.79 Å². The molecule has 0 unspecified atom stereocenters. The lowest BCUT2D eigenvalue weighted by molar-refractivity contribution is 0.0965. The van der Waals surface area contributed by atoms with E-state index >= 15 is 0 Å². The Bertz CT molecular complexity index is 865. The van der Waals surface area contributed by atoms with Crippen LogP contribution in [-0.4, -0.2) is 44.2 Å². The van der Waals surface area contributed by atoms with Gasteiger partial charge < -0.3 is 19.7 Å². The van der Waals surface area contributed by atoms with E-state index in [1.807, 2.05) is 18.2 Å². The number of benzene rings is 2. The van der Waals surface area contributed by atoms with E-state index in [-0.39, 0.29) is 5.91 Å². The van der Waals surface area contributed by atoms with Crippen molar-refractivity contribution in [2.24, 2.45) is 5.92 Å². The summed E-state index contributed by atoms with van der Waals surface area (Å²) < 4.78 is 11.6. The maximum absolute atomic E-state index is 12.0. The Labute approximate surface area is 179 Å². The Morgan fingerprint density at radius 1 is 1.07 bits per heavy atom. The molecule has 2 atom stereocenters. The first-order valence-corrected chi connectivity index (χ1v) is 11.1. The summed E-state index contributed by atoms with van der Waals surface area (Å²) in [5, 5.41) is 2.87. The molecule has 2 aromatic rings. The number of carbonyl (C=O) groups excluding carboxylic acids is 1. The molecule has 1 amide bonds. The zero-order valence-corrected chi connectivity index (χ0v) is 18.0. The molecule has 4 rings (SSSR count). The Hall–Kier alpha value is -2.53. The van der Waals surface area contributed by atoms with Gasteiger partial charge in [0.25, 0.3) is 5.91 Å². The molecule has 30 heavy (non-hydrogen) atoms. The van der Waals surface area contributed by atoms with Crippen LogP contribution in [0.1, 0.15) is 53.6 Å². The van der Waals surface area contributed by atoms with Gasteiger partial charge in [0, 0.05) is 18.0 Å². The van der Waals surface area contributed by atoms with Crippen molar-refractivity contribution in [1.82, 2.24) is 10.2 Å². The minimum absolute atomic E-state index is 0.00349. The molecule has 1 saturated heterocycles. The number of likely N-dealkylation sites (tertiary alicyclic amines) is 1. The van der Waals surface area contributed by atoms with Gasteiger partial charge in [-0.05, 0) is 80.2 Å². The molecule has 0 bridgehead atoms. The average molecular weight is 409 g/mol. The van der Waals surface area contributed by atoms with Crippen LogP contribution >= 0.6 is 0 Å². The lowest BCUT2D eigenvalue weighted by Crippen LogP contribution is -2.25. The van der Waals surface area contributed by atoms with E-state index in [4.69, 9.17) is 9.47 Å². The predicted octanol–water partition coefficient (Wildman–Crippen LogP) is 4.22. The second-order valence-corrected chi connectivity index (χ2v) is 8.37. The average Bonchev–Trinajstić information content (AvgIpc) is 3.02. The lowest BCUT2D eigenvalue weighted by atomic mass is 9.83. The van der Waals surface area contributed by atoms with Crippen LogP contribution in [0.15, 0.2) is 42.5 Å². The highest BCUT2D eigenvalue weighted by Gasteiger charge is 2.28. The third-order valence-corrected chi connectivity index (χ3v) is 6.45. The molecule has 1 N–H and O–H groups in total. The number of hydrogen-bond donors (Lipinski definition) is 1. The van der Waals surface area contributed by atoms with Crippen LogP contribution in [0.4, 0.5) is 0 Å². The summed E-state index contributed by atoms with van der Waals surface area (Å²) in [7, 11) is 1.71.